The molecule has 0 bridgehead atoms. The molecule has 1 aliphatic heterocycles. The van der Waals surface area contributed by atoms with E-state index in [1.807, 2.05) is 13.2 Å². The van der Waals surface area contributed by atoms with E-state index < -0.39 is 0 Å². The molecule has 0 radical (unpaired) electrons. The lowest BCUT2D eigenvalue weighted by molar-refractivity contribution is 0.0925. The molecule has 1 fully saturated rings. The van der Waals surface area contributed by atoms with Crippen molar-refractivity contribution in [2.75, 3.05) is 31.7 Å². The monoisotopic (exact) mass is 235 g/mol. The molecule has 1 aromatic rings. The highest BCUT2D eigenvalue weighted by Crippen LogP contribution is 2.19. The Bertz CT molecular complexity index is 339. The van der Waals surface area contributed by atoms with E-state index in [0.29, 0.717) is 6.04 Å². The van der Waals surface area contributed by atoms with Crippen LogP contribution in [0, 0.1) is 0 Å². The second-order valence-corrected chi connectivity index (χ2v) is 4.39. The average Bonchev–Trinajstić information content (AvgIpc) is 2.40. The third-order valence-electron chi connectivity index (χ3n) is 3.18. The Kier molecular flexibility index (Phi) is 4.34. The summed E-state index contributed by atoms with van der Waals surface area (Å²) in [6.45, 7) is 5.62. The predicted molar refractivity (Wildman–Crippen MR) is 69.2 cm³/mol. The summed E-state index contributed by atoms with van der Waals surface area (Å²) in [5.41, 5.74) is 1.22. The number of ether oxygens (including phenoxy) is 1. The molecule has 1 N–H and O–H groups in total. The van der Waals surface area contributed by atoms with Gasteiger partial charge in [-0.3, -0.25) is 0 Å². The fourth-order valence-corrected chi connectivity index (χ4v) is 2.19. The number of rotatable bonds is 4. The summed E-state index contributed by atoms with van der Waals surface area (Å²) < 4.78 is 5.51. The molecule has 1 aromatic heterocycles. The van der Waals surface area contributed by atoms with Crippen LogP contribution in [0.1, 0.15) is 18.9 Å². The van der Waals surface area contributed by atoms with E-state index in [1.54, 1.807) is 0 Å². The van der Waals surface area contributed by atoms with Crippen molar-refractivity contribution in [3.63, 3.8) is 0 Å². The van der Waals surface area contributed by atoms with Crippen LogP contribution in [-0.2, 0) is 11.3 Å². The van der Waals surface area contributed by atoms with E-state index in [-0.39, 0.29) is 0 Å². The minimum Gasteiger partial charge on any atom is -0.377 e. The summed E-state index contributed by atoms with van der Waals surface area (Å²) in [4.78, 5) is 6.90. The predicted octanol–water partition coefficient (Wildman–Crippen LogP) is 1.42. The molecule has 4 nitrogen and oxygen atoms in total. The van der Waals surface area contributed by atoms with Gasteiger partial charge in [-0.05, 0) is 25.1 Å². The molecular weight excluding hydrogens is 214 g/mol. The highest BCUT2D eigenvalue weighted by molar-refractivity contribution is 5.41. The van der Waals surface area contributed by atoms with E-state index in [9.17, 15) is 0 Å². The molecule has 0 aliphatic carbocycles. The molecule has 94 valence electrons. The maximum Gasteiger partial charge on any atom is 0.128 e. The first-order valence-electron chi connectivity index (χ1n) is 6.29. The molecule has 4 heteroatoms. The Hall–Kier alpha value is -1.13. The molecule has 1 aliphatic rings. The topological polar surface area (TPSA) is 37.4 Å². The van der Waals surface area contributed by atoms with Gasteiger partial charge in [0.1, 0.15) is 5.82 Å². The molecule has 1 saturated heterocycles. The molecule has 0 amide bonds. The van der Waals surface area contributed by atoms with Gasteiger partial charge in [-0.15, -0.1) is 0 Å². The van der Waals surface area contributed by atoms with Gasteiger partial charge in [0.25, 0.3) is 0 Å². The Morgan fingerprint density at radius 1 is 1.53 bits per heavy atom. The smallest absolute Gasteiger partial charge is 0.128 e. The van der Waals surface area contributed by atoms with Crippen LogP contribution in [0.25, 0.3) is 0 Å². The zero-order chi connectivity index (χ0) is 12.1. The Balaban J connectivity index is 2.09. The molecular formula is C13H21N3O. The minimum atomic E-state index is 0.464. The van der Waals surface area contributed by atoms with Crippen LogP contribution in [0.5, 0.6) is 0 Å². The van der Waals surface area contributed by atoms with Gasteiger partial charge in [0, 0.05) is 19.3 Å². The second-order valence-electron chi connectivity index (χ2n) is 4.39. The standard InChI is InChI=1S/C13H21N3O/c1-3-12-10-17-7-6-16(12)13-5-4-11(8-14-2)9-15-13/h4-5,9,12,14H,3,6-8,10H2,1-2H3. The molecule has 17 heavy (non-hydrogen) atoms. The van der Waals surface area contributed by atoms with Crippen LogP contribution >= 0.6 is 0 Å². The normalized spacial score (nSPS) is 20.6. The summed E-state index contributed by atoms with van der Waals surface area (Å²) in [5, 5.41) is 3.13. The van der Waals surface area contributed by atoms with Gasteiger partial charge < -0.3 is 15.0 Å². The van der Waals surface area contributed by atoms with Crippen LogP contribution in [0.4, 0.5) is 5.82 Å². The van der Waals surface area contributed by atoms with Gasteiger partial charge >= 0.3 is 0 Å². The number of hydrogen-bond acceptors (Lipinski definition) is 4. The van der Waals surface area contributed by atoms with Crippen molar-refractivity contribution in [3.8, 4) is 0 Å². The maximum atomic E-state index is 5.51. The van der Waals surface area contributed by atoms with Gasteiger partial charge in [-0.25, -0.2) is 4.98 Å². The Morgan fingerprint density at radius 2 is 2.41 bits per heavy atom. The van der Waals surface area contributed by atoms with E-state index >= 15 is 0 Å². The molecule has 0 saturated carbocycles. The van der Waals surface area contributed by atoms with Crippen LogP contribution in [0.15, 0.2) is 18.3 Å². The van der Waals surface area contributed by atoms with Crippen LogP contribution in [0.3, 0.4) is 0 Å². The SMILES string of the molecule is CCC1COCCN1c1ccc(CNC)cn1. The zero-order valence-corrected chi connectivity index (χ0v) is 10.6. The van der Waals surface area contributed by atoms with Crippen molar-refractivity contribution in [2.45, 2.75) is 25.9 Å². The lowest BCUT2D eigenvalue weighted by Crippen LogP contribution is -2.45. The summed E-state index contributed by atoms with van der Waals surface area (Å²) in [7, 11) is 1.95. The Morgan fingerprint density at radius 3 is 3.06 bits per heavy atom. The van der Waals surface area contributed by atoms with Crippen LogP contribution in [-0.4, -0.2) is 37.8 Å². The van der Waals surface area contributed by atoms with Crippen LogP contribution < -0.4 is 10.2 Å². The van der Waals surface area contributed by atoms with E-state index in [0.717, 1.165) is 38.5 Å². The third kappa shape index (κ3) is 2.96. The lowest BCUT2D eigenvalue weighted by atomic mass is 10.1. The maximum absolute atomic E-state index is 5.51. The summed E-state index contributed by atoms with van der Waals surface area (Å²) >= 11 is 0. The first kappa shape index (κ1) is 12.3. The molecule has 0 spiro atoms. The van der Waals surface area contributed by atoms with E-state index in [4.69, 9.17) is 4.74 Å². The Labute approximate surface area is 103 Å². The molecule has 2 rings (SSSR count). The lowest BCUT2D eigenvalue weighted by Gasteiger charge is -2.36. The van der Waals surface area contributed by atoms with Gasteiger partial charge in [-0.1, -0.05) is 13.0 Å². The van der Waals surface area contributed by atoms with Crippen molar-refractivity contribution in [3.05, 3.63) is 23.9 Å². The molecule has 0 aromatic carbocycles. The van der Waals surface area contributed by atoms with Crippen molar-refractivity contribution in [2.24, 2.45) is 0 Å². The zero-order valence-electron chi connectivity index (χ0n) is 10.6. The van der Waals surface area contributed by atoms with Crippen molar-refractivity contribution in [1.29, 1.82) is 0 Å². The first-order valence-corrected chi connectivity index (χ1v) is 6.29. The van der Waals surface area contributed by atoms with Gasteiger partial charge in [0.05, 0.1) is 19.3 Å². The minimum absolute atomic E-state index is 0.464. The van der Waals surface area contributed by atoms with Crippen molar-refractivity contribution in [1.82, 2.24) is 10.3 Å². The summed E-state index contributed by atoms with van der Waals surface area (Å²) in [6.07, 6.45) is 3.05. The van der Waals surface area contributed by atoms with E-state index in [2.05, 4.69) is 34.3 Å². The van der Waals surface area contributed by atoms with Gasteiger partial charge in [0.2, 0.25) is 0 Å². The fraction of sp³-hybridized carbons (Fsp3) is 0.615. The van der Waals surface area contributed by atoms with Gasteiger partial charge in [-0.2, -0.15) is 0 Å². The van der Waals surface area contributed by atoms with E-state index in [1.165, 1.54) is 5.56 Å². The number of nitrogens with zero attached hydrogens (tertiary/aromatic N) is 2. The average molecular weight is 235 g/mol. The second kappa shape index (κ2) is 5.98. The van der Waals surface area contributed by atoms with Crippen LogP contribution in [0.2, 0.25) is 0 Å². The quantitative estimate of drug-likeness (QED) is 0.856. The molecule has 1 atom stereocenters. The third-order valence-corrected chi connectivity index (χ3v) is 3.18. The van der Waals surface area contributed by atoms with Gasteiger partial charge in [0.15, 0.2) is 0 Å². The highest BCUT2D eigenvalue weighted by atomic mass is 16.5. The molecule has 1 unspecified atom stereocenters. The first-order chi connectivity index (χ1) is 8.35. The fourth-order valence-electron chi connectivity index (χ4n) is 2.19. The summed E-state index contributed by atoms with van der Waals surface area (Å²) in [6, 6.07) is 4.72. The molecule has 2 heterocycles. The largest absolute Gasteiger partial charge is 0.377 e. The number of hydrogen-bond donors (Lipinski definition) is 1. The van der Waals surface area contributed by atoms with Crippen molar-refractivity contribution >= 4 is 5.82 Å². The summed E-state index contributed by atoms with van der Waals surface area (Å²) in [5.74, 6) is 1.07. The number of pyridine rings is 1. The number of anilines is 1. The number of nitrogens with one attached hydrogen (secondary N) is 1. The number of aromatic nitrogens is 1. The van der Waals surface area contributed by atoms with Crippen molar-refractivity contribution < 1.29 is 4.74 Å². The highest BCUT2D eigenvalue weighted by Gasteiger charge is 2.22. The number of morpholine rings is 1.